The molecule has 0 aliphatic carbocycles. The van der Waals surface area contributed by atoms with Crippen molar-refractivity contribution in [1.29, 1.82) is 0 Å². The summed E-state index contributed by atoms with van der Waals surface area (Å²) in [6.07, 6.45) is 1.88. The third-order valence-corrected chi connectivity index (χ3v) is 2.60. The van der Waals surface area contributed by atoms with Crippen molar-refractivity contribution in [3.8, 4) is 17.1 Å². The number of benzene rings is 1. The minimum Gasteiger partial charge on any atom is -0.508 e. The maximum Gasteiger partial charge on any atom is 0.182 e. The zero-order valence-electron chi connectivity index (χ0n) is 9.33. The van der Waals surface area contributed by atoms with Crippen molar-refractivity contribution in [3.05, 3.63) is 48.2 Å². The van der Waals surface area contributed by atoms with Crippen molar-refractivity contribution in [2.24, 2.45) is 0 Å². The number of hydrogen-bond acceptors (Lipinski definition) is 3. The predicted octanol–water partition coefficient (Wildman–Crippen LogP) is 2.41. The van der Waals surface area contributed by atoms with Gasteiger partial charge in [0.1, 0.15) is 5.75 Å². The average molecular weight is 225 g/mol. The molecule has 0 unspecified atom stereocenters. The zero-order valence-corrected chi connectivity index (χ0v) is 9.33. The van der Waals surface area contributed by atoms with E-state index in [9.17, 15) is 5.11 Å². The Bertz CT molecular complexity index is 688. The number of aryl methyl sites for hydroxylation is 1. The number of aromatic hydroxyl groups is 1. The molecule has 0 aliphatic heterocycles. The van der Waals surface area contributed by atoms with E-state index in [-0.39, 0.29) is 5.75 Å². The van der Waals surface area contributed by atoms with Crippen molar-refractivity contribution < 1.29 is 5.11 Å². The highest BCUT2D eigenvalue weighted by molar-refractivity contribution is 5.60. The van der Waals surface area contributed by atoms with E-state index >= 15 is 0 Å². The summed E-state index contributed by atoms with van der Waals surface area (Å²) < 4.78 is 1.73. The van der Waals surface area contributed by atoms with Gasteiger partial charge in [-0.1, -0.05) is 12.1 Å². The Morgan fingerprint density at radius 1 is 1.18 bits per heavy atom. The molecular formula is C13H11N3O. The second-order valence-corrected chi connectivity index (χ2v) is 3.99. The number of rotatable bonds is 1. The summed E-state index contributed by atoms with van der Waals surface area (Å²) in [4.78, 5) is 4.43. The highest BCUT2D eigenvalue weighted by Gasteiger charge is 2.06. The molecule has 2 heterocycles. The lowest BCUT2D eigenvalue weighted by atomic mass is 10.2. The van der Waals surface area contributed by atoms with Gasteiger partial charge in [0.15, 0.2) is 11.5 Å². The summed E-state index contributed by atoms with van der Waals surface area (Å²) in [6.45, 7) is 2.02. The Hall–Kier alpha value is -2.36. The Balaban J connectivity index is 2.18. The minimum atomic E-state index is 0.220. The lowest BCUT2D eigenvalue weighted by molar-refractivity contribution is 0.475. The molecule has 4 heteroatoms. The summed E-state index contributed by atoms with van der Waals surface area (Å²) in [5.74, 6) is 0.837. The number of hydrogen-bond donors (Lipinski definition) is 1. The van der Waals surface area contributed by atoms with Crippen LogP contribution in [-0.2, 0) is 0 Å². The number of aromatic nitrogens is 3. The number of fused-ring (bicyclic) bond motifs is 1. The van der Waals surface area contributed by atoms with Crippen molar-refractivity contribution in [2.45, 2.75) is 6.92 Å². The van der Waals surface area contributed by atoms with E-state index in [1.54, 1.807) is 22.7 Å². The standard InChI is InChI=1S/C13H11N3O/c1-9-5-6-16-12(7-9)14-13(15-16)10-3-2-4-11(17)8-10/h2-8,17H,1H3. The first-order chi connectivity index (χ1) is 8.22. The highest BCUT2D eigenvalue weighted by Crippen LogP contribution is 2.20. The Labute approximate surface area is 98.2 Å². The maximum atomic E-state index is 9.43. The van der Waals surface area contributed by atoms with Crippen LogP contribution < -0.4 is 0 Å². The molecule has 1 N–H and O–H groups in total. The van der Waals surface area contributed by atoms with E-state index < -0.39 is 0 Å². The van der Waals surface area contributed by atoms with E-state index in [4.69, 9.17) is 0 Å². The molecule has 4 nitrogen and oxygen atoms in total. The number of phenols is 1. The van der Waals surface area contributed by atoms with Crippen LogP contribution in [0.1, 0.15) is 5.56 Å². The van der Waals surface area contributed by atoms with Gasteiger partial charge in [0, 0.05) is 11.8 Å². The molecule has 0 radical (unpaired) electrons. The second kappa shape index (κ2) is 3.59. The molecule has 0 aliphatic rings. The average Bonchev–Trinajstić information content (AvgIpc) is 2.72. The summed E-state index contributed by atoms with van der Waals surface area (Å²) in [5, 5.41) is 13.8. The molecule has 0 spiro atoms. The van der Waals surface area contributed by atoms with Gasteiger partial charge in [-0.15, -0.1) is 5.10 Å². The fraction of sp³-hybridized carbons (Fsp3) is 0.0769. The number of nitrogens with zero attached hydrogens (tertiary/aromatic N) is 3. The van der Waals surface area contributed by atoms with Gasteiger partial charge in [-0.25, -0.2) is 9.50 Å². The number of pyridine rings is 1. The molecule has 3 rings (SSSR count). The van der Waals surface area contributed by atoms with Crippen LogP contribution in [0.25, 0.3) is 17.0 Å². The molecule has 2 aromatic heterocycles. The van der Waals surface area contributed by atoms with Crippen LogP contribution >= 0.6 is 0 Å². The van der Waals surface area contributed by atoms with Crippen LogP contribution in [-0.4, -0.2) is 19.7 Å². The third-order valence-electron chi connectivity index (χ3n) is 2.60. The monoisotopic (exact) mass is 225 g/mol. The third kappa shape index (κ3) is 1.73. The molecule has 17 heavy (non-hydrogen) atoms. The van der Waals surface area contributed by atoms with Crippen LogP contribution in [0.2, 0.25) is 0 Å². The summed E-state index contributed by atoms with van der Waals surface area (Å²) in [5.41, 5.74) is 2.77. The second-order valence-electron chi connectivity index (χ2n) is 3.99. The Morgan fingerprint density at radius 3 is 2.88 bits per heavy atom. The van der Waals surface area contributed by atoms with Crippen molar-refractivity contribution >= 4 is 5.65 Å². The molecule has 0 saturated heterocycles. The zero-order chi connectivity index (χ0) is 11.8. The van der Waals surface area contributed by atoms with Gasteiger partial charge >= 0.3 is 0 Å². The van der Waals surface area contributed by atoms with E-state index in [0.29, 0.717) is 5.82 Å². The normalized spacial score (nSPS) is 10.9. The van der Waals surface area contributed by atoms with Gasteiger partial charge in [-0.2, -0.15) is 0 Å². The molecule has 84 valence electrons. The van der Waals surface area contributed by atoms with E-state index in [1.807, 2.05) is 31.3 Å². The van der Waals surface area contributed by atoms with Gasteiger partial charge in [0.25, 0.3) is 0 Å². The maximum absolute atomic E-state index is 9.43. The smallest absolute Gasteiger partial charge is 0.182 e. The van der Waals surface area contributed by atoms with Gasteiger partial charge < -0.3 is 5.11 Å². The molecule has 1 aromatic carbocycles. The summed E-state index contributed by atoms with van der Waals surface area (Å²) in [7, 11) is 0. The first-order valence-electron chi connectivity index (χ1n) is 5.35. The van der Waals surface area contributed by atoms with Gasteiger partial charge in [-0.05, 0) is 36.8 Å². The van der Waals surface area contributed by atoms with Crippen LogP contribution in [0.4, 0.5) is 0 Å². The summed E-state index contributed by atoms with van der Waals surface area (Å²) in [6, 6.07) is 10.9. The van der Waals surface area contributed by atoms with E-state index in [0.717, 1.165) is 16.8 Å². The molecular weight excluding hydrogens is 214 g/mol. The van der Waals surface area contributed by atoms with E-state index in [2.05, 4.69) is 10.1 Å². The molecule has 0 atom stereocenters. The highest BCUT2D eigenvalue weighted by atomic mass is 16.3. The Morgan fingerprint density at radius 2 is 2.06 bits per heavy atom. The van der Waals surface area contributed by atoms with Gasteiger partial charge in [-0.3, -0.25) is 0 Å². The quantitative estimate of drug-likeness (QED) is 0.691. The fourth-order valence-electron chi connectivity index (χ4n) is 1.75. The summed E-state index contributed by atoms with van der Waals surface area (Å²) >= 11 is 0. The van der Waals surface area contributed by atoms with E-state index in [1.165, 1.54) is 0 Å². The van der Waals surface area contributed by atoms with Crippen LogP contribution in [0, 0.1) is 6.92 Å². The molecule has 0 fully saturated rings. The molecule has 0 bridgehead atoms. The van der Waals surface area contributed by atoms with Crippen LogP contribution in [0.3, 0.4) is 0 Å². The van der Waals surface area contributed by atoms with Crippen molar-refractivity contribution in [2.75, 3.05) is 0 Å². The lowest BCUT2D eigenvalue weighted by Gasteiger charge is -1.94. The van der Waals surface area contributed by atoms with Crippen molar-refractivity contribution in [3.63, 3.8) is 0 Å². The topological polar surface area (TPSA) is 50.4 Å². The fourth-order valence-corrected chi connectivity index (χ4v) is 1.75. The first-order valence-corrected chi connectivity index (χ1v) is 5.35. The lowest BCUT2D eigenvalue weighted by Crippen LogP contribution is -1.86. The predicted molar refractivity (Wildman–Crippen MR) is 64.8 cm³/mol. The molecule has 3 aromatic rings. The van der Waals surface area contributed by atoms with Gasteiger partial charge in [0.2, 0.25) is 0 Å². The first kappa shape index (κ1) is 9.84. The minimum absolute atomic E-state index is 0.220. The molecule has 0 amide bonds. The van der Waals surface area contributed by atoms with Crippen LogP contribution in [0.15, 0.2) is 42.6 Å². The SMILES string of the molecule is Cc1ccn2nc(-c3cccc(O)c3)nc2c1. The Kier molecular flexibility index (Phi) is 2.08. The van der Waals surface area contributed by atoms with Crippen LogP contribution in [0.5, 0.6) is 5.75 Å². The largest absolute Gasteiger partial charge is 0.508 e. The molecule has 0 saturated carbocycles. The van der Waals surface area contributed by atoms with Gasteiger partial charge in [0.05, 0.1) is 0 Å². The number of phenolic OH excluding ortho intramolecular Hbond substituents is 1. The van der Waals surface area contributed by atoms with Crippen molar-refractivity contribution in [1.82, 2.24) is 14.6 Å².